The van der Waals surface area contributed by atoms with Gasteiger partial charge in [0.25, 0.3) is 10.1 Å². The summed E-state index contributed by atoms with van der Waals surface area (Å²) in [7, 11) is -4.72. The van der Waals surface area contributed by atoms with Gasteiger partial charge in [0, 0.05) is 0 Å². The molecule has 1 atom stereocenters. The molecule has 1 fully saturated rings. The number of carbonyl (C=O) groups is 2. The van der Waals surface area contributed by atoms with E-state index in [4.69, 9.17) is 9.47 Å². The summed E-state index contributed by atoms with van der Waals surface area (Å²) in [6.07, 6.45) is 7.02. The first-order chi connectivity index (χ1) is 11.3. The maximum Gasteiger partial charge on any atom is 0.327 e. The summed E-state index contributed by atoms with van der Waals surface area (Å²) in [5.41, 5.74) is 0. The molecule has 7 nitrogen and oxygen atoms in total. The Balaban J connectivity index is 2.49. The maximum absolute atomic E-state index is 11.9. The molecule has 1 unspecified atom stereocenters. The standard InChI is InChI=1S/C16H28O7S/c1-2-3-4-8-11-22-16(18)14(24(19,20)21)12-15(17)23-13-9-6-5-7-10-13/h13-14H,2-12H2,1H3,(H,19,20,21). The van der Waals surface area contributed by atoms with E-state index < -0.39 is 33.7 Å². The van der Waals surface area contributed by atoms with E-state index in [2.05, 4.69) is 0 Å². The van der Waals surface area contributed by atoms with Crippen molar-refractivity contribution in [3.8, 4) is 0 Å². The van der Waals surface area contributed by atoms with Crippen molar-refractivity contribution in [1.29, 1.82) is 0 Å². The van der Waals surface area contributed by atoms with Crippen molar-refractivity contribution < 1.29 is 32.0 Å². The summed E-state index contributed by atoms with van der Waals surface area (Å²) in [4.78, 5) is 23.8. The third kappa shape index (κ3) is 8.10. The van der Waals surface area contributed by atoms with Crippen LogP contribution in [-0.4, -0.2) is 42.9 Å². The lowest BCUT2D eigenvalue weighted by Gasteiger charge is -2.22. The van der Waals surface area contributed by atoms with Crippen LogP contribution in [-0.2, 0) is 29.2 Å². The Morgan fingerprint density at radius 2 is 1.79 bits per heavy atom. The summed E-state index contributed by atoms with van der Waals surface area (Å²) in [5, 5.41) is -1.92. The topological polar surface area (TPSA) is 107 Å². The van der Waals surface area contributed by atoms with Gasteiger partial charge in [-0.2, -0.15) is 8.42 Å². The Morgan fingerprint density at radius 1 is 1.12 bits per heavy atom. The second kappa shape index (κ2) is 10.7. The van der Waals surface area contributed by atoms with Crippen molar-refractivity contribution in [3.05, 3.63) is 0 Å². The van der Waals surface area contributed by atoms with Crippen LogP contribution in [0.3, 0.4) is 0 Å². The highest BCUT2D eigenvalue weighted by Crippen LogP contribution is 2.21. The second-order valence-electron chi connectivity index (χ2n) is 6.19. The lowest BCUT2D eigenvalue weighted by atomic mass is 9.98. The van der Waals surface area contributed by atoms with E-state index in [0.717, 1.165) is 51.4 Å². The van der Waals surface area contributed by atoms with Gasteiger partial charge in [-0.05, 0) is 32.1 Å². The van der Waals surface area contributed by atoms with Crippen LogP contribution in [0.2, 0.25) is 0 Å². The van der Waals surface area contributed by atoms with Gasteiger partial charge in [0.1, 0.15) is 6.10 Å². The quantitative estimate of drug-likeness (QED) is 0.361. The average molecular weight is 364 g/mol. The van der Waals surface area contributed by atoms with E-state index in [-0.39, 0.29) is 12.7 Å². The molecule has 140 valence electrons. The van der Waals surface area contributed by atoms with Gasteiger partial charge < -0.3 is 9.47 Å². The Hall–Kier alpha value is -1.15. The Bertz CT molecular complexity index is 495. The molecule has 0 saturated heterocycles. The van der Waals surface area contributed by atoms with Crippen LogP contribution in [0.15, 0.2) is 0 Å². The van der Waals surface area contributed by atoms with E-state index in [0.29, 0.717) is 6.42 Å². The number of ether oxygens (including phenoxy) is 2. The lowest BCUT2D eigenvalue weighted by molar-refractivity contribution is -0.154. The Kier molecular flexibility index (Phi) is 9.28. The fourth-order valence-corrected chi connectivity index (χ4v) is 3.33. The monoisotopic (exact) mass is 364 g/mol. The van der Waals surface area contributed by atoms with Crippen molar-refractivity contribution >= 4 is 22.1 Å². The second-order valence-corrected chi connectivity index (χ2v) is 7.78. The molecule has 8 heteroatoms. The Morgan fingerprint density at radius 3 is 2.38 bits per heavy atom. The highest BCUT2D eigenvalue weighted by atomic mass is 32.2. The smallest absolute Gasteiger partial charge is 0.327 e. The summed E-state index contributed by atoms with van der Waals surface area (Å²) in [6.45, 7) is 2.11. The predicted octanol–water partition coefficient (Wildman–Crippen LogP) is 2.63. The van der Waals surface area contributed by atoms with Crippen molar-refractivity contribution in [1.82, 2.24) is 0 Å². The summed E-state index contributed by atoms with van der Waals surface area (Å²) in [6, 6.07) is 0. The fourth-order valence-electron chi connectivity index (χ4n) is 2.67. The number of unbranched alkanes of at least 4 members (excludes halogenated alkanes) is 3. The van der Waals surface area contributed by atoms with Gasteiger partial charge in [0.05, 0.1) is 13.0 Å². The van der Waals surface area contributed by atoms with E-state index in [1.807, 2.05) is 6.92 Å². The van der Waals surface area contributed by atoms with Gasteiger partial charge in [-0.15, -0.1) is 0 Å². The Labute approximate surface area is 143 Å². The van der Waals surface area contributed by atoms with Crippen LogP contribution in [0.4, 0.5) is 0 Å². The molecule has 0 aromatic heterocycles. The van der Waals surface area contributed by atoms with Gasteiger partial charge in [0.2, 0.25) is 0 Å². The molecule has 1 N–H and O–H groups in total. The van der Waals surface area contributed by atoms with Gasteiger partial charge in [0.15, 0.2) is 5.25 Å². The molecule has 0 aromatic carbocycles. The molecule has 1 rings (SSSR count). The zero-order valence-corrected chi connectivity index (χ0v) is 15.1. The van der Waals surface area contributed by atoms with Crippen LogP contribution in [0.1, 0.15) is 71.1 Å². The van der Waals surface area contributed by atoms with Gasteiger partial charge in [-0.1, -0.05) is 32.6 Å². The molecule has 24 heavy (non-hydrogen) atoms. The van der Waals surface area contributed by atoms with Crippen LogP contribution in [0.5, 0.6) is 0 Å². The maximum atomic E-state index is 11.9. The van der Waals surface area contributed by atoms with E-state index in [9.17, 15) is 22.6 Å². The first-order valence-corrected chi connectivity index (χ1v) is 10.2. The van der Waals surface area contributed by atoms with Gasteiger partial charge in [-0.3, -0.25) is 14.1 Å². The van der Waals surface area contributed by atoms with Crippen molar-refractivity contribution in [3.63, 3.8) is 0 Å². The van der Waals surface area contributed by atoms with Crippen molar-refractivity contribution in [2.24, 2.45) is 0 Å². The molecule has 1 saturated carbocycles. The summed E-state index contributed by atoms with van der Waals surface area (Å²) in [5.74, 6) is -1.90. The molecule has 1 aliphatic rings. The average Bonchev–Trinajstić information content (AvgIpc) is 2.52. The minimum atomic E-state index is -4.72. The minimum absolute atomic E-state index is 0.0720. The molecule has 0 heterocycles. The van der Waals surface area contributed by atoms with Crippen molar-refractivity contribution in [2.45, 2.75) is 82.5 Å². The molecule has 0 amide bonds. The highest BCUT2D eigenvalue weighted by Gasteiger charge is 2.36. The van der Waals surface area contributed by atoms with Crippen LogP contribution in [0.25, 0.3) is 0 Å². The first-order valence-electron chi connectivity index (χ1n) is 8.67. The molecular formula is C16H28O7S. The van der Waals surface area contributed by atoms with Crippen LogP contribution >= 0.6 is 0 Å². The van der Waals surface area contributed by atoms with Crippen LogP contribution < -0.4 is 0 Å². The lowest BCUT2D eigenvalue weighted by Crippen LogP contribution is -2.35. The number of hydrogen-bond acceptors (Lipinski definition) is 6. The molecule has 0 bridgehead atoms. The zero-order chi connectivity index (χ0) is 18.0. The van der Waals surface area contributed by atoms with E-state index in [1.54, 1.807) is 0 Å². The molecule has 0 radical (unpaired) electrons. The molecule has 0 spiro atoms. The van der Waals surface area contributed by atoms with Gasteiger partial charge in [-0.25, -0.2) is 0 Å². The number of carbonyl (C=O) groups excluding carboxylic acids is 2. The fraction of sp³-hybridized carbons (Fsp3) is 0.875. The third-order valence-electron chi connectivity index (χ3n) is 4.07. The molecule has 0 aliphatic heterocycles. The zero-order valence-electron chi connectivity index (χ0n) is 14.2. The summed E-state index contributed by atoms with van der Waals surface area (Å²) < 4.78 is 42.1. The minimum Gasteiger partial charge on any atom is -0.465 e. The summed E-state index contributed by atoms with van der Waals surface area (Å²) >= 11 is 0. The SMILES string of the molecule is CCCCCCOC(=O)C(CC(=O)OC1CCCCC1)S(=O)(=O)O. The first kappa shape index (κ1) is 20.9. The molecule has 1 aliphatic carbocycles. The van der Waals surface area contributed by atoms with Crippen LogP contribution in [0, 0.1) is 0 Å². The highest BCUT2D eigenvalue weighted by molar-refractivity contribution is 7.87. The van der Waals surface area contributed by atoms with Crippen molar-refractivity contribution in [2.75, 3.05) is 6.61 Å². The number of rotatable bonds is 10. The third-order valence-corrected chi connectivity index (χ3v) is 5.15. The van der Waals surface area contributed by atoms with E-state index >= 15 is 0 Å². The number of esters is 2. The normalized spacial score (nSPS) is 17.2. The predicted molar refractivity (Wildman–Crippen MR) is 88.0 cm³/mol. The van der Waals surface area contributed by atoms with Gasteiger partial charge >= 0.3 is 11.9 Å². The molecule has 0 aromatic rings. The largest absolute Gasteiger partial charge is 0.465 e. The van der Waals surface area contributed by atoms with E-state index in [1.165, 1.54) is 0 Å². The number of hydrogen-bond donors (Lipinski definition) is 1. The molecular weight excluding hydrogens is 336 g/mol.